The number of nitrogens with zero attached hydrogens (tertiary/aromatic N) is 3. The third kappa shape index (κ3) is 3.00. The van der Waals surface area contributed by atoms with Gasteiger partial charge in [-0.15, -0.1) is 0 Å². The van der Waals surface area contributed by atoms with Gasteiger partial charge in [0, 0.05) is 18.0 Å². The third-order valence-corrected chi connectivity index (χ3v) is 3.39. The van der Waals surface area contributed by atoms with Crippen LogP contribution in [-0.4, -0.2) is 15.0 Å². The topological polar surface area (TPSA) is 51.8 Å². The van der Waals surface area contributed by atoms with Gasteiger partial charge in [-0.05, 0) is 0 Å². The van der Waals surface area contributed by atoms with Crippen LogP contribution in [0.25, 0.3) is 11.3 Å². The molecule has 19 heavy (non-hydrogen) atoms. The Bertz CT molecular complexity index is 640. The van der Waals surface area contributed by atoms with E-state index in [9.17, 15) is 0 Å². The van der Waals surface area contributed by atoms with Crippen LogP contribution in [0.2, 0.25) is 0 Å². The van der Waals surface area contributed by atoms with E-state index >= 15 is 0 Å². The van der Waals surface area contributed by atoms with E-state index in [1.807, 2.05) is 30.3 Å². The van der Waals surface area contributed by atoms with Gasteiger partial charge in [-0.3, -0.25) is 4.98 Å². The van der Waals surface area contributed by atoms with Crippen molar-refractivity contribution in [3.63, 3.8) is 0 Å². The van der Waals surface area contributed by atoms with E-state index in [1.165, 1.54) is 0 Å². The molecular formula is C14H11N3OS. The van der Waals surface area contributed by atoms with Crippen LogP contribution in [0.4, 0.5) is 0 Å². The normalized spacial score (nSPS) is 10.5. The smallest absolute Gasteiger partial charge is 0.205 e. The molecule has 0 unspecified atom stereocenters. The largest absolute Gasteiger partial charge is 0.440 e. The number of aromatic nitrogens is 3. The van der Waals surface area contributed by atoms with Crippen molar-refractivity contribution in [3.05, 3.63) is 61.0 Å². The van der Waals surface area contributed by atoms with E-state index in [4.69, 9.17) is 4.42 Å². The van der Waals surface area contributed by atoms with Crippen molar-refractivity contribution in [3.8, 4) is 11.3 Å². The lowest BCUT2D eigenvalue weighted by Gasteiger charge is -1.96. The van der Waals surface area contributed by atoms with E-state index in [0.717, 1.165) is 16.3 Å². The number of benzene rings is 1. The van der Waals surface area contributed by atoms with Crippen molar-refractivity contribution in [2.75, 3.05) is 0 Å². The number of rotatable bonds is 4. The third-order valence-electron chi connectivity index (χ3n) is 2.49. The maximum Gasteiger partial charge on any atom is 0.205 e. The molecule has 2 heterocycles. The molecule has 0 aliphatic heterocycles. The molecule has 3 aromatic rings. The Hall–Kier alpha value is -2.14. The molecule has 3 rings (SSSR count). The quantitative estimate of drug-likeness (QED) is 0.679. The van der Waals surface area contributed by atoms with Crippen LogP contribution < -0.4 is 0 Å². The van der Waals surface area contributed by atoms with Crippen LogP contribution in [0.15, 0.2) is 64.6 Å². The van der Waals surface area contributed by atoms with Gasteiger partial charge in [0.15, 0.2) is 5.76 Å². The van der Waals surface area contributed by atoms with E-state index < -0.39 is 0 Å². The van der Waals surface area contributed by atoms with Gasteiger partial charge in [-0.2, -0.15) is 0 Å². The van der Waals surface area contributed by atoms with Gasteiger partial charge in [0.1, 0.15) is 5.03 Å². The van der Waals surface area contributed by atoms with Crippen molar-refractivity contribution < 1.29 is 4.42 Å². The number of hydrogen-bond donors (Lipinski definition) is 0. The van der Waals surface area contributed by atoms with Gasteiger partial charge >= 0.3 is 0 Å². The summed E-state index contributed by atoms with van der Waals surface area (Å²) < 4.78 is 5.71. The predicted octanol–water partition coefficient (Wildman–Crippen LogP) is 3.42. The fourth-order valence-electron chi connectivity index (χ4n) is 1.61. The van der Waals surface area contributed by atoms with Crippen LogP contribution in [0.5, 0.6) is 0 Å². The van der Waals surface area contributed by atoms with E-state index in [-0.39, 0.29) is 0 Å². The maximum absolute atomic E-state index is 5.71. The van der Waals surface area contributed by atoms with Crippen LogP contribution in [0.3, 0.4) is 0 Å². The first-order valence-electron chi connectivity index (χ1n) is 5.81. The summed E-state index contributed by atoms with van der Waals surface area (Å²) in [7, 11) is 0. The Labute approximate surface area is 114 Å². The highest BCUT2D eigenvalue weighted by atomic mass is 32.2. The minimum Gasteiger partial charge on any atom is -0.440 e. The second-order valence-corrected chi connectivity index (χ2v) is 4.81. The molecule has 0 saturated heterocycles. The molecule has 2 aromatic heterocycles. The Kier molecular flexibility index (Phi) is 3.56. The molecule has 0 fully saturated rings. The number of oxazole rings is 1. The highest BCUT2D eigenvalue weighted by Crippen LogP contribution is 2.24. The fraction of sp³-hybridized carbons (Fsp3) is 0.0714. The van der Waals surface area contributed by atoms with E-state index in [1.54, 1.807) is 36.5 Å². The number of thioether (sulfide) groups is 1. The molecule has 5 heteroatoms. The summed E-state index contributed by atoms with van der Waals surface area (Å²) in [4.78, 5) is 12.5. The molecule has 1 aromatic carbocycles. The molecule has 0 saturated carbocycles. The zero-order valence-electron chi connectivity index (χ0n) is 10.1. The zero-order chi connectivity index (χ0) is 12.9. The molecule has 0 atom stereocenters. The highest BCUT2D eigenvalue weighted by Gasteiger charge is 2.06. The maximum atomic E-state index is 5.71. The first kappa shape index (κ1) is 11.9. The fourth-order valence-corrected chi connectivity index (χ4v) is 2.28. The summed E-state index contributed by atoms with van der Waals surface area (Å²) in [5.41, 5.74) is 1.03. The minimum atomic E-state index is 0.644. The summed E-state index contributed by atoms with van der Waals surface area (Å²) >= 11 is 1.55. The van der Waals surface area contributed by atoms with Crippen molar-refractivity contribution in [1.29, 1.82) is 0 Å². The van der Waals surface area contributed by atoms with Gasteiger partial charge in [0.2, 0.25) is 5.89 Å². The average molecular weight is 269 g/mol. The Balaban J connectivity index is 1.69. The summed E-state index contributed by atoms with van der Waals surface area (Å²) in [6.07, 6.45) is 6.81. The molecule has 0 amide bonds. The molecule has 0 N–H and O–H groups in total. The summed E-state index contributed by atoms with van der Waals surface area (Å²) in [6, 6.07) is 9.93. The lowest BCUT2D eigenvalue weighted by molar-refractivity contribution is 0.530. The van der Waals surface area contributed by atoms with Crippen LogP contribution >= 0.6 is 11.8 Å². The SMILES string of the molecule is c1ccc(-c2cnc(CSc3cnccn3)o2)cc1. The molecule has 94 valence electrons. The molecule has 4 nitrogen and oxygen atoms in total. The monoisotopic (exact) mass is 269 g/mol. The molecule has 0 spiro atoms. The summed E-state index contributed by atoms with van der Waals surface area (Å²) in [5, 5.41) is 0.863. The second kappa shape index (κ2) is 5.67. The van der Waals surface area contributed by atoms with Crippen molar-refractivity contribution in [2.24, 2.45) is 0 Å². The standard InChI is InChI=1S/C14H11N3OS/c1-2-4-11(5-3-1)12-8-17-13(18-12)10-19-14-9-15-6-7-16-14/h1-9H,10H2. The van der Waals surface area contributed by atoms with Gasteiger partial charge < -0.3 is 4.42 Å². The molecule has 0 bridgehead atoms. The molecular weight excluding hydrogens is 258 g/mol. The summed E-state index contributed by atoms with van der Waals surface area (Å²) in [5.74, 6) is 2.12. The Morgan fingerprint density at radius 2 is 1.89 bits per heavy atom. The zero-order valence-corrected chi connectivity index (χ0v) is 10.9. The Morgan fingerprint density at radius 1 is 1.00 bits per heavy atom. The van der Waals surface area contributed by atoms with Gasteiger partial charge in [0.05, 0.1) is 18.1 Å². The van der Waals surface area contributed by atoms with Crippen molar-refractivity contribution in [1.82, 2.24) is 15.0 Å². The van der Waals surface area contributed by atoms with Crippen molar-refractivity contribution in [2.45, 2.75) is 10.8 Å². The van der Waals surface area contributed by atoms with E-state index in [0.29, 0.717) is 11.6 Å². The second-order valence-electron chi connectivity index (χ2n) is 3.82. The molecule has 0 radical (unpaired) electrons. The van der Waals surface area contributed by atoms with E-state index in [2.05, 4.69) is 15.0 Å². The van der Waals surface area contributed by atoms with Gasteiger partial charge in [-0.25, -0.2) is 9.97 Å². The minimum absolute atomic E-state index is 0.644. The molecule has 0 aliphatic rings. The van der Waals surface area contributed by atoms with Crippen LogP contribution in [-0.2, 0) is 5.75 Å². The Morgan fingerprint density at radius 3 is 2.68 bits per heavy atom. The van der Waals surface area contributed by atoms with Crippen molar-refractivity contribution >= 4 is 11.8 Å². The molecule has 0 aliphatic carbocycles. The predicted molar refractivity (Wildman–Crippen MR) is 73.5 cm³/mol. The van der Waals surface area contributed by atoms with Crippen LogP contribution in [0, 0.1) is 0 Å². The lowest BCUT2D eigenvalue weighted by atomic mass is 10.2. The van der Waals surface area contributed by atoms with Gasteiger partial charge in [-0.1, -0.05) is 42.1 Å². The average Bonchev–Trinajstić information content (AvgIpc) is 2.96. The van der Waals surface area contributed by atoms with Gasteiger partial charge in [0.25, 0.3) is 0 Å². The van der Waals surface area contributed by atoms with Crippen LogP contribution in [0.1, 0.15) is 5.89 Å². The number of hydrogen-bond acceptors (Lipinski definition) is 5. The first-order valence-corrected chi connectivity index (χ1v) is 6.79. The first-order chi connectivity index (χ1) is 9.42. The highest BCUT2D eigenvalue weighted by molar-refractivity contribution is 7.98. The summed E-state index contributed by atoms with van der Waals surface area (Å²) in [6.45, 7) is 0. The lowest BCUT2D eigenvalue weighted by Crippen LogP contribution is -1.83.